The van der Waals surface area contributed by atoms with E-state index >= 15 is 0 Å². The molecule has 2 rings (SSSR count). The monoisotopic (exact) mass is 338 g/mol. The second-order valence-corrected chi connectivity index (χ2v) is 5.90. The molecule has 19 heavy (non-hydrogen) atoms. The number of likely N-dealkylation sites (N-methyl/N-ethyl adjacent to an activating group) is 1. The van der Waals surface area contributed by atoms with Gasteiger partial charge in [0.1, 0.15) is 0 Å². The number of rotatable bonds is 4. The van der Waals surface area contributed by atoms with Gasteiger partial charge in [-0.1, -0.05) is 39.7 Å². The number of hydrogen-bond acceptors (Lipinski definition) is 2. The Balaban J connectivity index is 2.24. The molecule has 1 N–H and O–H groups in total. The molecule has 1 heterocycles. The van der Waals surface area contributed by atoms with Crippen LogP contribution >= 0.6 is 27.5 Å². The SMILES string of the molecule is CNC(Cc1ccc(Br)cc1Cl)c1cncc(C)c1. The lowest BCUT2D eigenvalue weighted by Crippen LogP contribution is -2.19. The van der Waals surface area contributed by atoms with Gasteiger partial charge in [0.05, 0.1) is 0 Å². The van der Waals surface area contributed by atoms with Gasteiger partial charge in [0.2, 0.25) is 0 Å². The zero-order valence-corrected chi connectivity index (χ0v) is 13.3. The molecule has 4 heteroatoms. The Morgan fingerprint density at radius 1 is 1.32 bits per heavy atom. The van der Waals surface area contributed by atoms with E-state index in [2.05, 4.69) is 45.3 Å². The van der Waals surface area contributed by atoms with Crippen molar-refractivity contribution in [2.75, 3.05) is 7.05 Å². The fourth-order valence-electron chi connectivity index (χ4n) is 2.06. The minimum Gasteiger partial charge on any atom is -0.313 e. The molecule has 0 aliphatic heterocycles. The van der Waals surface area contributed by atoms with Gasteiger partial charge >= 0.3 is 0 Å². The highest BCUT2D eigenvalue weighted by atomic mass is 79.9. The van der Waals surface area contributed by atoms with Crippen molar-refractivity contribution in [2.45, 2.75) is 19.4 Å². The quantitative estimate of drug-likeness (QED) is 0.898. The van der Waals surface area contributed by atoms with E-state index in [1.165, 1.54) is 11.1 Å². The Morgan fingerprint density at radius 2 is 2.11 bits per heavy atom. The van der Waals surface area contributed by atoms with Crippen LogP contribution in [0.15, 0.2) is 41.1 Å². The molecule has 1 atom stereocenters. The molecule has 1 aromatic heterocycles. The number of pyridine rings is 1. The van der Waals surface area contributed by atoms with Crippen LogP contribution in [0.3, 0.4) is 0 Å². The number of hydrogen-bond donors (Lipinski definition) is 1. The molecule has 0 amide bonds. The molecule has 0 aliphatic carbocycles. The van der Waals surface area contributed by atoms with Gasteiger partial charge in [-0.05, 0) is 49.2 Å². The van der Waals surface area contributed by atoms with Crippen molar-refractivity contribution in [3.05, 3.63) is 62.8 Å². The van der Waals surface area contributed by atoms with E-state index < -0.39 is 0 Å². The summed E-state index contributed by atoms with van der Waals surface area (Å²) in [5.41, 5.74) is 3.48. The summed E-state index contributed by atoms with van der Waals surface area (Å²) in [5.74, 6) is 0. The second kappa shape index (κ2) is 6.51. The van der Waals surface area contributed by atoms with E-state index in [9.17, 15) is 0 Å². The summed E-state index contributed by atoms with van der Waals surface area (Å²) >= 11 is 9.70. The molecule has 0 radical (unpaired) electrons. The molecule has 100 valence electrons. The van der Waals surface area contributed by atoms with Crippen LogP contribution in [0.2, 0.25) is 5.02 Å². The molecule has 0 saturated heterocycles. The molecule has 0 saturated carbocycles. The molecule has 2 nitrogen and oxygen atoms in total. The van der Waals surface area contributed by atoms with E-state index in [0.717, 1.165) is 21.5 Å². The van der Waals surface area contributed by atoms with E-state index in [1.54, 1.807) is 0 Å². The topological polar surface area (TPSA) is 24.9 Å². The highest BCUT2D eigenvalue weighted by Gasteiger charge is 2.12. The highest BCUT2D eigenvalue weighted by molar-refractivity contribution is 9.10. The van der Waals surface area contributed by atoms with Gasteiger partial charge in [-0.3, -0.25) is 4.98 Å². The Bertz CT molecular complexity index is 572. The lowest BCUT2D eigenvalue weighted by Gasteiger charge is -2.17. The average Bonchev–Trinajstić information content (AvgIpc) is 2.38. The standard InChI is InChI=1S/C15H16BrClN2/c1-10-5-12(9-19-8-10)15(18-2)6-11-3-4-13(16)7-14(11)17/h3-5,7-9,15,18H,6H2,1-2H3. The maximum Gasteiger partial charge on any atom is 0.0449 e. The summed E-state index contributed by atoms with van der Waals surface area (Å²) in [5, 5.41) is 4.11. The molecule has 0 fully saturated rings. The summed E-state index contributed by atoms with van der Waals surface area (Å²) in [6.07, 6.45) is 4.61. The predicted octanol–water partition coefficient (Wildman–Crippen LogP) is 4.31. The van der Waals surface area contributed by atoms with Gasteiger partial charge in [0, 0.05) is 27.9 Å². The smallest absolute Gasteiger partial charge is 0.0449 e. The molecule has 1 unspecified atom stereocenters. The zero-order chi connectivity index (χ0) is 13.8. The summed E-state index contributed by atoms with van der Waals surface area (Å²) in [6.45, 7) is 2.05. The fraction of sp³-hybridized carbons (Fsp3) is 0.267. The molecule has 0 bridgehead atoms. The van der Waals surface area contributed by atoms with Crippen LogP contribution in [0, 0.1) is 6.92 Å². The molecular weight excluding hydrogens is 324 g/mol. The average molecular weight is 340 g/mol. The van der Waals surface area contributed by atoms with E-state index in [-0.39, 0.29) is 6.04 Å². The second-order valence-electron chi connectivity index (χ2n) is 4.58. The van der Waals surface area contributed by atoms with E-state index in [4.69, 9.17) is 11.6 Å². The van der Waals surface area contributed by atoms with Gasteiger partial charge in [-0.25, -0.2) is 0 Å². The highest BCUT2D eigenvalue weighted by Crippen LogP contribution is 2.26. The summed E-state index contributed by atoms with van der Waals surface area (Å²) in [4.78, 5) is 4.25. The lowest BCUT2D eigenvalue weighted by atomic mass is 9.99. The van der Waals surface area contributed by atoms with Crippen LogP contribution in [-0.2, 0) is 6.42 Å². The number of benzene rings is 1. The summed E-state index contributed by atoms with van der Waals surface area (Å²) < 4.78 is 1.000. The normalized spacial score (nSPS) is 12.4. The van der Waals surface area contributed by atoms with Crippen LogP contribution in [0.5, 0.6) is 0 Å². The Hall–Kier alpha value is -0.900. The number of aryl methyl sites for hydroxylation is 1. The van der Waals surface area contributed by atoms with Crippen LogP contribution < -0.4 is 5.32 Å². The minimum absolute atomic E-state index is 0.214. The Kier molecular flexibility index (Phi) is 4.97. The maximum atomic E-state index is 6.28. The first-order valence-electron chi connectivity index (χ1n) is 6.13. The van der Waals surface area contributed by atoms with Gasteiger partial charge in [0.25, 0.3) is 0 Å². The van der Waals surface area contributed by atoms with Crippen LogP contribution in [0.4, 0.5) is 0 Å². The summed E-state index contributed by atoms with van der Waals surface area (Å²) in [7, 11) is 1.96. The predicted molar refractivity (Wildman–Crippen MR) is 83.6 cm³/mol. The maximum absolute atomic E-state index is 6.28. The Labute approximate surface area is 127 Å². The molecule has 1 aromatic carbocycles. The fourth-order valence-corrected chi connectivity index (χ4v) is 2.81. The molecule has 0 aliphatic rings. The Morgan fingerprint density at radius 3 is 2.74 bits per heavy atom. The van der Waals surface area contributed by atoms with E-state index in [0.29, 0.717) is 0 Å². The largest absolute Gasteiger partial charge is 0.313 e. The number of halogens is 2. The summed E-state index contributed by atoms with van der Waals surface area (Å²) in [6, 6.07) is 8.37. The van der Waals surface area contributed by atoms with Crippen molar-refractivity contribution >= 4 is 27.5 Å². The van der Waals surface area contributed by atoms with Crippen molar-refractivity contribution in [1.82, 2.24) is 10.3 Å². The minimum atomic E-state index is 0.214. The zero-order valence-electron chi connectivity index (χ0n) is 11.0. The van der Waals surface area contributed by atoms with Crippen molar-refractivity contribution in [2.24, 2.45) is 0 Å². The van der Waals surface area contributed by atoms with Crippen LogP contribution in [0.1, 0.15) is 22.7 Å². The lowest BCUT2D eigenvalue weighted by molar-refractivity contribution is 0.589. The van der Waals surface area contributed by atoms with Gasteiger partial charge in [-0.15, -0.1) is 0 Å². The van der Waals surface area contributed by atoms with Crippen molar-refractivity contribution in [3.8, 4) is 0 Å². The third-order valence-corrected chi connectivity index (χ3v) is 3.93. The van der Waals surface area contributed by atoms with Gasteiger partial charge < -0.3 is 5.32 Å². The van der Waals surface area contributed by atoms with Crippen LogP contribution in [0.25, 0.3) is 0 Å². The number of nitrogens with zero attached hydrogens (tertiary/aromatic N) is 1. The first kappa shape index (κ1) is 14.5. The molecule has 2 aromatic rings. The van der Waals surface area contributed by atoms with E-state index in [1.807, 2.05) is 31.6 Å². The van der Waals surface area contributed by atoms with Crippen LogP contribution in [-0.4, -0.2) is 12.0 Å². The first-order valence-corrected chi connectivity index (χ1v) is 7.30. The van der Waals surface area contributed by atoms with Gasteiger partial charge in [-0.2, -0.15) is 0 Å². The third kappa shape index (κ3) is 3.78. The molecular formula is C15H16BrClN2. The first-order chi connectivity index (χ1) is 9.10. The molecule has 0 spiro atoms. The third-order valence-electron chi connectivity index (χ3n) is 3.09. The number of nitrogens with one attached hydrogen (secondary N) is 1. The van der Waals surface area contributed by atoms with Gasteiger partial charge in [0.15, 0.2) is 0 Å². The number of aromatic nitrogens is 1. The van der Waals surface area contributed by atoms with Crippen molar-refractivity contribution in [1.29, 1.82) is 0 Å². The van der Waals surface area contributed by atoms with Crippen molar-refractivity contribution in [3.63, 3.8) is 0 Å². The van der Waals surface area contributed by atoms with Crippen molar-refractivity contribution < 1.29 is 0 Å².